The zero-order valence-electron chi connectivity index (χ0n) is 15.6. The average molecular weight is 388 g/mol. The van der Waals surface area contributed by atoms with Crippen LogP contribution >= 0.6 is 11.3 Å². The van der Waals surface area contributed by atoms with Crippen LogP contribution in [0, 0.1) is 12.3 Å². The van der Waals surface area contributed by atoms with Crippen molar-refractivity contribution in [3.63, 3.8) is 0 Å². The van der Waals surface area contributed by atoms with Gasteiger partial charge in [0.15, 0.2) is 5.69 Å². The van der Waals surface area contributed by atoms with Crippen LogP contribution in [-0.4, -0.2) is 69.7 Å². The Morgan fingerprint density at radius 2 is 2.11 bits per heavy atom. The number of piperidine rings is 2. The number of nitrogens with zero attached hydrogens (tertiary/aromatic N) is 3. The van der Waals surface area contributed by atoms with Crippen LogP contribution in [0.3, 0.4) is 0 Å². The number of aliphatic hydroxyl groups is 1. The first-order valence-corrected chi connectivity index (χ1v) is 10.0. The lowest BCUT2D eigenvalue weighted by molar-refractivity contribution is -0.154. The summed E-state index contributed by atoms with van der Waals surface area (Å²) >= 11 is 1.65. The Balaban J connectivity index is 1.45. The van der Waals surface area contributed by atoms with Crippen molar-refractivity contribution in [2.75, 3.05) is 26.7 Å². The number of aryl methyl sites for hydroxylation is 1. The summed E-state index contributed by atoms with van der Waals surface area (Å²) in [5.41, 5.74) is 0.713. The molecule has 1 unspecified atom stereocenters. The van der Waals surface area contributed by atoms with Gasteiger partial charge in [0.05, 0.1) is 22.1 Å². The highest BCUT2D eigenvalue weighted by Crippen LogP contribution is 2.41. The van der Waals surface area contributed by atoms with Crippen LogP contribution < -0.4 is 0 Å². The summed E-state index contributed by atoms with van der Waals surface area (Å²) in [5.74, 6) is -0.0205. The third kappa shape index (κ3) is 3.27. The fourth-order valence-corrected chi connectivity index (χ4v) is 5.09. The number of likely N-dealkylation sites (N-methyl/N-ethyl adjacent to an activating group) is 1. The highest BCUT2D eigenvalue weighted by molar-refractivity contribution is 7.15. The summed E-state index contributed by atoms with van der Waals surface area (Å²) in [4.78, 5) is 31.1. The van der Waals surface area contributed by atoms with Gasteiger partial charge in [0.25, 0.3) is 5.91 Å². The van der Waals surface area contributed by atoms with Gasteiger partial charge in [-0.3, -0.25) is 14.7 Å². The molecule has 0 radical (unpaired) electrons. The van der Waals surface area contributed by atoms with Gasteiger partial charge < -0.3 is 14.9 Å². The molecule has 144 valence electrons. The minimum atomic E-state index is -0.533. The molecule has 2 fully saturated rings. The number of hydrogen-bond donors (Lipinski definition) is 2. The maximum Gasteiger partial charge on any atom is 0.274 e. The van der Waals surface area contributed by atoms with Gasteiger partial charge in [-0.15, -0.1) is 11.3 Å². The molecule has 2 aliphatic rings. The number of β-amino-alcohol motifs (C(OH)–C–C–N with tert-alkyl or cyclic N) is 1. The second-order valence-electron chi connectivity index (χ2n) is 7.69. The fraction of sp³-hybridized carbons (Fsp3) is 0.526. The SMILES string of the molecule is Cc1ccc(-c2cc(C(=O)N3CCC4(CC3)CC(O)CN(C)C4=O)n[nH]2)s1. The largest absolute Gasteiger partial charge is 0.391 e. The van der Waals surface area contributed by atoms with E-state index in [0.29, 0.717) is 44.6 Å². The number of aromatic nitrogens is 2. The lowest BCUT2D eigenvalue weighted by Gasteiger charge is -2.46. The highest BCUT2D eigenvalue weighted by Gasteiger charge is 2.48. The van der Waals surface area contributed by atoms with E-state index in [0.717, 1.165) is 10.6 Å². The molecule has 2 saturated heterocycles. The van der Waals surface area contributed by atoms with Crippen LogP contribution in [0.5, 0.6) is 0 Å². The first kappa shape index (κ1) is 18.2. The summed E-state index contributed by atoms with van der Waals surface area (Å²) in [5, 5.41) is 17.2. The fourth-order valence-electron chi connectivity index (χ4n) is 4.26. The van der Waals surface area contributed by atoms with Crippen molar-refractivity contribution in [2.24, 2.45) is 5.41 Å². The molecular weight excluding hydrogens is 364 g/mol. The normalized spacial score (nSPS) is 22.5. The molecule has 1 spiro atoms. The number of thiophene rings is 1. The third-order valence-electron chi connectivity index (χ3n) is 5.72. The summed E-state index contributed by atoms with van der Waals surface area (Å²) in [7, 11) is 1.74. The molecule has 8 heteroatoms. The maximum absolute atomic E-state index is 12.8. The average Bonchev–Trinajstić information content (AvgIpc) is 3.29. The van der Waals surface area contributed by atoms with E-state index in [-0.39, 0.29) is 11.8 Å². The minimum Gasteiger partial charge on any atom is -0.391 e. The molecule has 2 N–H and O–H groups in total. The van der Waals surface area contributed by atoms with Gasteiger partial charge >= 0.3 is 0 Å². The molecule has 0 aromatic carbocycles. The molecule has 7 nitrogen and oxygen atoms in total. The lowest BCUT2D eigenvalue weighted by atomic mass is 9.71. The number of amides is 2. The molecule has 4 rings (SSSR count). The minimum absolute atomic E-state index is 0.0926. The number of H-pyrrole nitrogens is 1. The molecule has 0 saturated carbocycles. The first-order valence-electron chi connectivity index (χ1n) is 9.23. The van der Waals surface area contributed by atoms with Crippen LogP contribution in [0.15, 0.2) is 18.2 Å². The van der Waals surface area contributed by atoms with E-state index < -0.39 is 11.5 Å². The van der Waals surface area contributed by atoms with Gasteiger partial charge in [-0.25, -0.2) is 0 Å². The Kier molecular flexibility index (Phi) is 4.55. The Morgan fingerprint density at radius 1 is 1.37 bits per heavy atom. The zero-order chi connectivity index (χ0) is 19.2. The van der Waals surface area contributed by atoms with Gasteiger partial charge in [-0.1, -0.05) is 0 Å². The van der Waals surface area contributed by atoms with Crippen molar-refractivity contribution in [2.45, 2.75) is 32.3 Å². The number of carbonyl (C=O) groups is 2. The number of carbonyl (C=O) groups excluding carboxylic acids is 2. The second kappa shape index (κ2) is 6.76. The molecule has 0 bridgehead atoms. The van der Waals surface area contributed by atoms with Crippen molar-refractivity contribution < 1.29 is 14.7 Å². The van der Waals surface area contributed by atoms with Crippen LogP contribution in [0.25, 0.3) is 10.6 Å². The topological polar surface area (TPSA) is 89.5 Å². The first-order chi connectivity index (χ1) is 12.9. The molecule has 2 aliphatic heterocycles. The summed E-state index contributed by atoms with van der Waals surface area (Å²) in [6.07, 6.45) is 1.17. The van der Waals surface area contributed by atoms with Gasteiger partial charge in [-0.05, 0) is 44.4 Å². The highest BCUT2D eigenvalue weighted by atomic mass is 32.1. The molecule has 2 aromatic heterocycles. The molecular formula is C19H24N4O3S. The van der Waals surface area contributed by atoms with Crippen LogP contribution in [0.2, 0.25) is 0 Å². The van der Waals surface area contributed by atoms with E-state index in [9.17, 15) is 14.7 Å². The number of aromatic amines is 1. The number of rotatable bonds is 2. The van der Waals surface area contributed by atoms with Crippen molar-refractivity contribution in [1.29, 1.82) is 0 Å². The lowest BCUT2D eigenvalue weighted by Crippen LogP contribution is -2.56. The van der Waals surface area contributed by atoms with Gasteiger partial charge in [-0.2, -0.15) is 5.10 Å². The Hall–Kier alpha value is -2.19. The summed E-state index contributed by atoms with van der Waals surface area (Å²) in [6.45, 7) is 3.44. The quantitative estimate of drug-likeness (QED) is 0.822. The van der Waals surface area contributed by atoms with Crippen molar-refractivity contribution >= 4 is 23.2 Å². The molecule has 2 aromatic rings. The number of hydrogen-bond acceptors (Lipinski definition) is 5. The molecule has 27 heavy (non-hydrogen) atoms. The number of nitrogens with one attached hydrogen (secondary N) is 1. The maximum atomic E-state index is 12.8. The van der Waals surface area contributed by atoms with Crippen LogP contribution in [0.1, 0.15) is 34.6 Å². The van der Waals surface area contributed by atoms with E-state index in [1.807, 2.05) is 19.1 Å². The Bertz CT molecular complexity index is 866. The van der Waals surface area contributed by atoms with Gasteiger partial charge in [0.2, 0.25) is 5.91 Å². The zero-order valence-corrected chi connectivity index (χ0v) is 16.4. The predicted octanol–water partition coefficient (Wildman–Crippen LogP) is 1.89. The van der Waals surface area contributed by atoms with Crippen molar-refractivity contribution in [3.8, 4) is 10.6 Å². The standard InChI is InChI=1S/C19H24N4O3S/c1-12-3-4-16(27-12)14-9-15(21-20-14)17(25)23-7-5-19(6-8-23)10-13(24)11-22(2)18(19)26/h3-4,9,13,24H,5-8,10-11H2,1-2H3,(H,20,21). The third-order valence-corrected chi connectivity index (χ3v) is 6.76. The van der Waals surface area contributed by atoms with Crippen LogP contribution in [-0.2, 0) is 4.79 Å². The second-order valence-corrected chi connectivity index (χ2v) is 8.98. The summed E-state index contributed by atoms with van der Waals surface area (Å²) < 4.78 is 0. The van der Waals surface area contributed by atoms with E-state index >= 15 is 0 Å². The van der Waals surface area contributed by atoms with E-state index in [2.05, 4.69) is 10.2 Å². The van der Waals surface area contributed by atoms with Gasteiger partial charge in [0.1, 0.15) is 0 Å². The van der Waals surface area contributed by atoms with E-state index in [1.54, 1.807) is 34.3 Å². The molecule has 2 amide bonds. The van der Waals surface area contributed by atoms with Crippen molar-refractivity contribution in [3.05, 3.63) is 28.8 Å². The Labute approximate surface area is 162 Å². The predicted molar refractivity (Wildman–Crippen MR) is 102 cm³/mol. The van der Waals surface area contributed by atoms with Crippen molar-refractivity contribution in [1.82, 2.24) is 20.0 Å². The summed E-state index contributed by atoms with van der Waals surface area (Å²) in [6, 6.07) is 5.85. The smallest absolute Gasteiger partial charge is 0.274 e. The monoisotopic (exact) mass is 388 g/mol. The Morgan fingerprint density at radius 3 is 2.78 bits per heavy atom. The molecule has 1 atom stereocenters. The molecule has 0 aliphatic carbocycles. The van der Waals surface area contributed by atoms with E-state index in [4.69, 9.17) is 0 Å². The van der Waals surface area contributed by atoms with Gasteiger partial charge in [0, 0.05) is 31.6 Å². The number of aliphatic hydroxyl groups excluding tert-OH is 1. The number of likely N-dealkylation sites (tertiary alicyclic amines) is 2. The van der Waals surface area contributed by atoms with E-state index in [1.165, 1.54) is 4.88 Å². The van der Waals surface area contributed by atoms with Crippen LogP contribution in [0.4, 0.5) is 0 Å². The molecule has 4 heterocycles.